The van der Waals surface area contributed by atoms with Gasteiger partial charge in [0, 0.05) is 11.9 Å². The predicted octanol–water partition coefficient (Wildman–Crippen LogP) is 2.45. The number of benzene rings is 1. The summed E-state index contributed by atoms with van der Waals surface area (Å²) in [5.41, 5.74) is 9.30. The van der Waals surface area contributed by atoms with Crippen LogP contribution in [0.15, 0.2) is 42.6 Å². The van der Waals surface area contributed by atoms with Gasteiger partial charge in [-0.25, -0.2) is 0 Å². The molecule has 0 aliphatic carbocycles. The van der Waals surface area contributed by atoms with Gasteiger partial charge in [0.1, 0.15) is 5.75 Å². The largest absolute Gasteiger partial charge is 0.497 e. The van der Waals surface area contributed by atoms with Gasteiger partial charge in [0.2, 0.25) is 0 Å². The number of rotatable bonds is 3. The van der Waals surface area contributed by atoms with Crippen LogP contribution in [-0.4, -0.2) is 12.1 Å². The van der Waals surface area contributed by atoms with Crippen LogP contribution in [0.25, 0.3) is 0 Å². The molecule has 88 valence electrons. The molecule has 2 rings (SSSR count). The highest BCUT2D eigenvalue weighted by molar-refractivity contribution is 5.36. The summed E-state index contributed by atoms with van der Waals surface area (Å²) in [5.74, 6) is 0.823. The maximum absolute atomic E-state index is 6.23. The molecule has 0 aliphatic heterocycles. The van der Waals surface area contributed by atoms with Crippen molar-refractivity contribution in [3.63, 3.8) is 0 Å². The fourth-order valence-electron chi connectivity index (χ4n) is 1.79. The number of hydrogen-bond acceptors (Lipinski definition) is 3. The number of hydrogen-bond donors (Lipinski definition) is 1. The molecule has 1 aromatic heterocycles. The summed E-state index contributed by atoms with van der Waals surface area (Å²) in [7, 11) is 1.65. The van der Waals surface area contributed by atoms with Gasteiger partial charge in [-0.15, -0.1) is 0 Å². The summed E-state index contributed by atoms with van der Waals surface area (Å²) >= 11 is 0. The lowest BCUT2D eigenvalue weighted by Crippen LogP contribution is -2.12. The maximum atomic E-state index is 6.23. The zero-order chi connectivity index (χ0) is 12.3. The van der Waals surface area contributed by atoms with Crippen molar-refractivity contribution in [3.05, 3.63) is 59.4 Å². The van der Waals surface area contributed by atoms with Gasteiger partial charge in [0.05, 0.1) is 13.2 Å². The van der Waals surface area contributed by atoms with Gasteiger partial charge in [0.15, 0.2) is 0 Å². The Bertz CT molecular complexity index is 511. The van der Waals surface area contributed by atoms with E-state index < -0.39 is 0 Å². The Balaban J connectivity index is 2.33. The van der Waals surface area contributed by atoms with E-state index in [2.05, 4.69) is 4.98 Å². The Morgan fingerprint density at radius 2 is 1.94 bits per heavy atom. The lowest BCUT2D eigenvalue weighted by molar-refractivity contribution is 0.414. The third kappa shape index (κ3) is 2.63. The highest BCUT2D eigenvalue weighted by atomic mass is 16.5. The topological polar surface area (TPSA) is 48.1 Å². The molecule has 17 heavy (non-hydrogen) atoms. The Morgan fingerprint density at radius 1 is 1.18 bits per heavy atom. The van der Waals surface area contributed by atoms with Crippen molar-refractivity contribution in [1.82, 2.24) is 4.98 Å². The van der Waals surface area contributed by atoms with Crippen LogP contribution in [0.5, 0.6) is 5.75 Å². The molecule has 1 heterocycles. The maximum Gasteiger partial charge on any atom is 0.119 e. The van der Waals surface area contributed by atoms with Crippen LogP contribution in [0.4, 0.5) is 0 Å². The van der Waals surface area contributed by atoms with Gasteiger partial charge in [0.25, 0.3) is 0 Å². The molecule has 2 N–H and O–H groups in total. The Morgan fingerprint density at radius 3 is 2.65 bits per heavy atom. The molecule has 1 atom stereocenters. The SMILES string of the molecule is COc1cccc(C(N)c2ccnc(C)c2)c1. The molecule has 0 radical (unpaired) electrons. The third-order valence-corrected chi connectivity index (χ3v) is 2.73. The predicted molar refractivity (Wildman–Crippen MR) is 68.0 cm³/mol. The molecule has 0 amide bonds. The fraction of sp³-hybridized carbons (Fsp3) is 0.214. The van der Waals surface area contributed by atoms with Crippen LogP contribution in [-0.2, 0) is 0 Å². The van der Waals surface area contributed by atoms with Crippen LogP contribution in [0.1, 0.15) is 22.9 Å². The van der Waals surface area contributed by atoms with Gasteiger partial charge < -0.3 is 10.5 Å². The van der Waals surface area contributed by atoms with Crippen LogP contribution in [0.2, 0.25) is 0 Å². The second-order valence-corrected chi connectivity index (χ2v) is 3.98. The summed E-state index contributed by atoms with van der Waals surface area (Å²) in [6, 6.07) is 11.6. The van der Waals surface area contributed by atoms with E-state index in [0.717, 1.165) is 22.6 Å². The molecule has 1 aromatic carbocycles. The first kappa shape index (κ1) is 11.6. The van der Waals surface area contributed by atoms with E-state index in [9.17, 15) is 0 Å². The summed E-state index contributed by atoms with van der Waals surface area (Å²) in [4.78, 5) is 4.17. The van der Waals surface area contributed by atoms with Gasteiger partial charge >= 0.3 is 0 Å². The van der Waals surface area contributed by atoms with E-state index in [1.54, 1.807) is 13.3 Å². The minimum atomic E-state index is -0.146. The highest BCUT2D eigenvalue weighted by Gasteiger charge is 2.09. The number of aromatic nitrogens is 1. The van der Waals surface area contributed by atoms with Crippen molar-refractivity contribution >= 4 is 0 Å². The minimum absolute atomic E-state index is 0.146. The van der Waals surface area contributed by atoms with E-state index in [4.69, 9.17) is 10.5 Å². The second-order valence-electron chi connectivity index (χ2n) is 3.98. The molecular formula is C14H16N2O. The summed E-state index contributed by atoms with van der Waals surface area (Å²) in [5, 5.41) is 0. The second kappa shape index (κ2) is 4.97. The molecule has 3 nitrogen and oxygen atoms in total. The van der Waals surface area contributed by atoms with Crippen molar-refractivity contribution in [1.29, 1.82) is 0 Å². The molecule has 1 unspecified atom stereocenters. The monoisotopic (exact) mass is 228 g/mol. The molecule has 0 fully saturated rings. The van der Waals surface area contributed by atoms with Crippen LogP contribution < -0.4 is 10.5 Å². The standard InChI is InChI=1S/C14H16N2O/c1-10-8-12(6-7-16-10)14(15)11-4-3-5-13(9-11)17-2/h3-9,14H,15H2,1-2H3. The number of pyridine rings is 1. The molecule has 0 saturated carbocycles. The van der Waals surface area contributed by atoms with Gasteiger partial charge in [-0.05, 0) is 42.3 Å². The number of aryl methyl sites for hydroxylation is 1. The first-order chi connectivity index (χ1) is 8.20. The molecule has 0 spiro atoms. The molecule has 3 heteroatoms. The third-order valence-electron chi connectivity index (χ3n) is 2.73. The van der Waals surface area contributed by atoms with Crippen LogP contribution in [0.3, 0.4) is 0 Å². The summed E-state index contributed by atoms with van der Waals surface area (Å²) in [6.07, 6.45) is 1.78. The summed E-state index contributed by atoms with van der Waals surface area (Å²) in [6.45, 7) is 1.96. The lowest BCUT2D eigenvalue weighted by atomic mass is 10.00. The quantitative estimate of drug-likeness (QED) is 0.877. The van der Waals surface area contributed by atoms with Crippen LogP contribution >= 0.6 is 0 Å². The minimum Gasteiger partial charge on any atom is -0.497 e. The van der Waals surface area contributed by atoms with Crippen molar-refractivity contribution in [2.24, 2.45) is 5.73 Å². The smallest absolute Gasteiger partial charge is 0.119 e. The normalized spacial score (nSPS) is 12.2. The molecule has 0 saturated heterocycles. The van der Waals surface area contributed by atoms with Crippen molar-refractivity contribution < 1.29 is 4.74 Å². The number of methoxy groups -OCH3 is 1. The lowest BCUT2D eigenvalue weighted by Gasteiger charge is -2.13. The first-order valence-electron chi connectivity index (χ1n) is 5.53. The molecular weight excluding hydrogens is 212 g/mol. The van der Waals surface area contributed by atoms with E-state index in [1.807, 2.05) is 43.3 Å². The number of nitrogens with zero attached hydrogens (tertiary/aromatic N) is 1. The first-order valence-corrected chi connectivity index (χ1v) is 5.53. The Kier molecular flexibility index (Phi) is 3.40. The van der Waals surface area contributed by atoms with Crippen LogP contribution in [0, 0.1) is 6.92 Å². The fourth-order valence-corrected chi connectivity index (χ4v) is 1.79. The van der Waals surface area contributed by atoms with E-state index in [-0.39, 0.29) is 6.04 Å². The number of ether oxygens (including phenoxy) is 1. The zero-order valence-corrected chi connectivity index (χ0v) is 10.1. The molecule has 2 aromatic rings. The van der Waals surface area contributed by atoms with Gasteiger partial charge in [-0.1, -0.05) is 12.1 Å². The highest BCUT2D eigenvalue weighted by Crippen LogP contribution is 2.23. The van der Waals surface area contributed by atoms with Crippen molar-refractivity contribution in [2.75, 3.05) is 7.11 Å². The average Bonchev–Trinajstić information content (AvgIpc) is 2.38. The zero-order valence-electron chi connectivity index (χ0n) is 10.1. The van der Waals surface area contributed by atoms with Gasteiger partial charge in [-0.3, -0.25) is 4.98 Å². The van der Waals surface area contributed by atoms with Crippen molar-refractivity contribution in [2.45, 2.75) is 13.0 Å². The van der Waals surface area contributed by atoms with E-state index in [1.165, 1.54) is 0 Å². The van der Waals surface area contributed by atoms with Gasteiger partial charge in [-0.2, -0.15) is 0 Å². The Hall–Kier alpha value is -1.87. The van der Waals surface area contributed by atoms with E-state index in [0.29, 0.717) is 0 Å². The Labute approximate surface area is 101 Å². The van der Waals surface area contributed by atoms with Crippen molar-refractivity contribution in [3.8, 4) is 5.75 Å². The number of nitrogens with two attached hydrogens (primary N) is 1. The average molecular weight is 228 g/mol. The molecule has 0 bridgehead atoms. The molecule has 0 aliphatic rings. The van der Waals surface area contributed by atoms with E-state index >= 15 is 0 Å². The summed E-state index contributed by atoms with van der Waals surface area (Å²) < 4.78 is 5.20.